The van der Waals surface area contributed by atoms with Gasteiger partial charge < -0.3 is 10.1 Å². The number of aromatic nitrogens is 3. The molecule has 0 saturated carbocycles. The highest BCUT2D eigenvalue weighted by molar-refractivity contribution is 5.85. The summed E-state index contributed by atoms with van der Waals surface area (Å²) in [6.07, 6.45) is 4.65. The van der Waals surface area contributed by atoms with E-state index in [1.165, 1.54) is 0 Å². The lowest BCUT2D eigenvalue weighted by Crippen LogP contribution is -2.27. The van der Waals surface area contributed by atoms with Gasteiger partial charge in [0, 0.05) is 35.5 Å². The van der Waals surface area contributed by atoms with Gasteiger partial charge in [-0.25, -0.2) is 14.8 Å². The number of aryl methyl sites for hydroxylation is 1. The second-order valence-electron chi connectivity index (χ2n) is 7.29. The lowest BCUT2D eigenvalue weighted by Gasteiger charge is -2.20. The molecule has 0 radical (unpaired) electrons. The number of carbonyl (C=O) groups excluding carboxylic acids is 1. The Hall–Kier alpha value is -3.48. The van der Waals surface area contributed by atoms with E-state index < -0.39 is 11.7 Å². The molecule has 3 rings (SSSR count). The maximum atomic E-state index is 11.9. The predicted molar refractivity (Wildman–Crippen MR) is 110 cm³/mol. The van der Waals surface area contributed by atoms with Crippen LogP contribution in [0.5, 0.6) is 0 Å². The van der Waals surface area contributed by atoms with Gasteiger partial charge in [-0.15, -0.1) is 0 Å². The van der Waals surface area contributed by atoms with E-state index >= 15 is 0 Å². The summed E-state index contributed by atoms with van der Waals surface area (Å²) in [5.41, 5.74) is 2.80. The highest BCUT2D eigenvalue weighted by atomic mass is 16.6. The summed E-state index contributed by atoms with van der Waals surface area (Å²) in [4.78, 5) is 24.9. The third-order valence-electron chi connectivity index (χ3n) is 3.71. The summed E-state index contributed by atoms with van der Waals surface area (Å²) in [7, 11) is 0. The molecule has 3 aromatic rings. The fourth-order valence-corrected chi connectivity index (χ4v) is 2.50. The fourth-order valence-electron chi connectivity index (χ4n) is 2.50. The van der Waals surface area contributed by atoms with E-state index in [-0.39, 0.29) is 0 Å². The zero-order valence-corrected chi connectivity index (χ0v) is 16.4. The maximum Gasteiger partial charge on any atom is 0.412 e. The number of hydrogen-bond donors (Lipinski definition) is 2. The monoisotopic (exact) mass is 377 g/mol. The minimum absolute atomic E-state index is 0.482. The van der Waals surface area contributed by atoms with E-state index in [1.54, 1.807) is 24.7 Å². The van der Waals surface area contributed by atoms with Gasteiger partial charge in [0.05, 0.1) is 0 Å². The quantitative estimate of drug-likeness (QED) is 0.669. The first-order chi connectivity index (χ1) is 13.3. The third kappa shape index (κ3) is 5.26. The molecule has 0 fully saturated rings. The van der Waals surface area contributed by atoms with Crippen LogP contribution >= 0.6 is 0 Å². The first-order valence-corrected chi connectivity index (χ1v) is 8.91. The average Bonchev–Trinajstić information content (AvgIpc) is 2.63. The molecule has 0 spiro atoms. The number of anilines is 3. The summed E-state index contributed by atoms with van der Waals surface area (Å²) >= 11 is 0. The molecule has 2 N–H and O–H groups in total. The highest BCUT2D eigenvalue weighted by Gasteiger charge is 2.16. The van der Waals surface area contributed by atoms with Crippen LogP contribution in [0, 0.1) is 6.92 Å². The van der Waals surface area contributed by atoms with Crippen LogP contribution in [0.4, 0.5) is 22.0 Å². The molecule has 0 aliphatic carbocycles. The van der Waals surface area contributed by atoms with E-state index in [0.717, 1.165) is 16.8 Å². The molecule has 0 bridgehead atoms. The van der Waals surface area contributed by atoms with Gasteiger partial charge in [-0.2, -0.15) is 0 Å². The van der Waals surface area contributed by atoms with Crippen LogP contribution in [0.25, 0.3) is 11.4 Å². The van der Waals surface area contributed by atoms with Gasteiger partial charge in [0.1, 0.15) is 11.4 Å². The van der Waals surface area contributed by atoms with Crippen LogP contribution in [0.1, 0.15) is 26.3 Å². The number of nitrogens with one attached hydrogen (secondary N) is 2. The Morgan fingerprint density at radius 2 is 1.93 bits per heavy atom. The fraction of sp³-hybridized carbons (Fsp3) is 0.238. The molecule has 0 unspecified atom stereocenters. The van der Waals surface area contributed by atoms with E-state index in [1.807, 2.05) is 58.0 Å². The Morgan fingerprint density at radius 3 is 2.61 bits per heavy atom. The topological polar surface area (TPSA) is 89.0 Å². The number of rotatable bonds is 4. The molecule has 7 nitrogen and oxygen atoms in total. The van der Waals surface area contributed by atoms with Crippen molar-refractivity contribution in [1.82, 2.24) is 15.0 Å². The molecular formula is C21H23N5O2. The summed E-state index contributed by atoms with van der Waals surface area (Å²) in [6.45, 7) is 7.43. The smallest absolute Gasteiger partial charge is 0.412 e. The van der Waals surface area contributed by atoms with Crippen LogP contribution in [-0.4, -0.2) is 26.6 Å². The average molecular weight is 377 g/mol. The van der Waals surface area contributed by atoms with Crippen molar-refractivity contribution >= 4 is 23.3 Å². The number of carbonyl (C=O) groups is 1. The van der Waals surface area contributed by atoms with Crippen molar-refractivity contribution in [1.29, 1.82) is 0 Å². The Balaban J connectivity index is 1.73. The van der Waals surface area contributed by atoms with Crippen molar-refractivity contribution < 1.29 is 9.53 Å². The highest BCUT2D eigenvalue weighted by Crippen LogP contribution is 2.24. The minimum atomic E-state index is -0.542. The minimum Gasteiger partial charge on any atom is -0.444 e. The zero-order valence-electron chi connectivity index (χ0n) is 16.4. The van der Waals surface area contributed by atoms with Crippen molar-refractivity contribution in [2.45, 2.75) is 33.3 Å². The van der Waals surface area contributed by atoms with Gasteiger partial charge in [-0.3, -0.25) is 10.3 Å². The largest absolute Gasteiger partial charge is 0.444 e. The maximum absolute atomic E-state index is 11.9. The molecular weight excluding hydrogens is 354 g/mol. The van der Waals surface area contributed by atoms with Gasteiger partial charge in [0.25, 0.3) is 0 Å². The number of hydrogen-bond acceptors (Lipinski definition) is 6. The van der Waals surface area contributed by atoms with E-state index in [9.17, 15) is 4.79 Å². The molecule has 2 heterocycles. The summed E-state index contributed by atoms with van der Waals surface area (Å²) in [5, 5.41) is 6.03. The van der Waals surface area contributed by atoms with Crippen LogP contribution in [-0.2, 0) is 4.74 Å². The SMILES string of the molecule is Cc1cc(NC(=O)OC(C)(C)C)ccc1Nc1ccnc(-c2cccnc2)n1. The zero-order chi connectivity index (χ0) is 20.1. The molecule has 1 amide bonds. The molecule has 144 valence electrons. The van der Waals surface area contributed by atoms with Crippen molar-refractivity contribution in [3.63, 3.8) is 0 Å². The number of amides is 1. The lowest BCUT2D eigenvalue weighted by atomic mass is 10.1. The molecule has 0 aliphatic heterocycles. The second-order valence-corrected chi connectivity index (χ2v) is 7.29. The Labute approximate surface area is 164 Å². The van der Waals surface area contributed by atoms with Crippen LogP contribution in [0.2, 0.25) is 0 Å². The van der Waals surface area contributed by atoms with Gasteiger partial charge in [0.15, 0.2) is 5.82 Å². The van der Waals surface area contributed by atoms with Gasteiger partial charge in [-0.1, -0.05) is 0 Å². The van der Waals surface area contributed by atoms with E-state index in [0.29, 0.717) is 17.3 Å². The van der Waals surface area contributed by atoms with Gasteiger partial charge in [-0.05, 0) is 69.7 Å². The second kappa shape index (κ2) is 8.04. The molecule has 0 saturated heterocycles. The molecule has 1 aromatic carbocycles. The van der Waals surface area contributed by atoms with Crippen molar-refractivity contribution in [3.05, 3.63) is 60.6 Å². The van der Waals surface area contributed by atoms with Crippen molar-refractivity contribution in [3.8, 4) is 11.4 Å². The molecule has 2 aromatic heterocycles. The van der Waals surface area contributed by atoms with Gasteiger partial charge >= 0.3 is 6.09 Å². The van der Waals surface area contributed by atoms with E-state index in [4.69, 9.17) is 4.74 Å². The number of nitrogens with zero attached hydrogens (tertiary/aromatic N) is 3. The lowest BCUT2D eigenvalue weighted by molar-refractivity contribution is 0.0636. The molecule has 7 heteroatoms. The molecule has 0 atom stereocenters. The normalized spacial score (nSPS) is 11.0. The third-order valence-corrected chi connectivity index (χ3v) is 3.71. The first kappa shape index (κ1) is 19.3. The Bertz CT molecular complexity index is 968. The Morgan fingerprint density at radius 1 is 1.11 bits per heavy atom. The summed E-state index contributed by atoms with van der Waals surface area (Å²) in [6, 6.07) is 11.1. The summed E-state index contributed by atoms with van der Waals surface area (Å²) < 4.78 is 5.27. The first-order valence-electron chi connectivity index (χ1n) is 8.91. The standard InChI is InChI=1S/C21H23N5O2/c1-14-12-16(24-20(27)28-21(2,3)4)7-8-17(14)25-18-9-11-23-19(26-18)15-6-5-10-22-13-15/h5-13H,1-4H3,(H,24,27)(H,23,25,26). The van der Waals surface area contributed by atoms with Gasteiger partial charge in [0.2, 0.25) is 0 Å². The Kier molecular flexibility index (Phi) is 5.54. The van der Waals surface area contributed by atoms with Crippen LogP contribution in [0.3, 0.4) is 0 Å². The number of pyridine rings is 1. The predicted octanol–water partition coefficient (Wildman–Crippen LogP) is 4.94. The number of ether oxygens (including phenoxy) is 1. The van der Waals surface area contributed by atoms with E-state index in [2.05, 4.69) is 25.6 Å². The van der Waals surface area contributed by atoms with Crippen LogP contribution in [0.15, 0.2) is 55.0 Å². The number of benzene rings is 1. The summed E-state index contributed by atoms with van der Waals surface area (Å²) in [5.74, 6) is 1.27. The van der Waals surface area contributed by atoms with Crippen molar-refractivity contribution in [2.75, 3.05) is 10.6 Å². The molecule has 0 aliphatic rings. The van der Waals surface area contributed by atoms with Crippen molar-refractivity contribution in [2.24, 2.45) is 0 Å². The molecule has 28 heavy (non-hydrogen) atoms. The van der Waals surface area contributed by atoms with Crippen LogP contribution < -0.4 is 10.6 Å².